The minimum absolute atomic E-state index is 0.0779. The Kier molecular flexibility index (Phi) is 4.35. The lowest BCUT2D eigenvalue weighted by Crippen LogP contribution is -2.42. The van der Waals surface area contributed by atoms with Crippen LogP contribution in [0.4, 0.5) is 0 Å². The molecule has 0 unspecified atom stereocenters. The topological polar surface area (TPSA) is 91.0 Å². The molecule has 8 heteroatoms. The Bertz CT molecular complexity index is 832. The monoisotopic (exact) mass is 361 g/mol. The van der Waals surface area contributed by atoms with Crippen molar-refractivity contribution >= 4 is 10.0 Å². The van der Waals surface area contributed by atoms with Crippen LogP contribution in [0, 0.1) is 0 Å². The van der Waals surface area contributed by atoms with Crippen LogP contribution in [0.1, 0.15) is 37.5 Å². The summed E-state index contributed by atoms with van der Waals surface area (Å²) in [7, 11) is -3.21. The highest BCUT2D eigenvalue weighted by Gasteiger charge is 2.41. The summed E-state index contributed by atoms with van der Waals surface area (Å²) < 4.78 is 26.0. The van der Waals surface area contributed by atoms with Gasteiger partial charge in [-0.05, 0) is 19.3 Å². The fourth-order valence-corrected chi connectivity index (χ4v) is 4.56. The third-order valence-electron chi connectivity index (χ3n) is 5.11. The van der Waals surface area contributed by atoms with Gasteiger partial charge in [0, 0.05) is 24.2 Å². The van der Waals surface area contributed by atoms with E-state index in [-0.39, 0.29) is 12.1 Å². The zero-order valence-corrected chi connectivity index (χ0v) is 15.0. The first-order valence-corrected chi connectivity index (χ1v) is 10.6. The van der Waals surface area contributed by atoms with Gasteiger partial charge in [0.15, 0.2) is 5.82 Å². The van der Waals surface area contributed by atoms with Crippen LogP contribution in [-0.2, 0) is 10.0 Å². The lowest BCUT2D eigenvalue weighted by molar-refractivity contribution is 0.109. The van der Waals surface area contributed by atoms with Gasteiger partial charge in [0.1, 0.15) is 5.82 Å². The highest BCUT2D eigenvalue weighted by molar-refractivity contribution is 7.88. The average molecular weight is 361 g/mol. The number of aromatic nitrogens is 3. The van der Waals surface area contributed by atoms with E-state index in [9.17, 15) is 8.42 Å². The van der Waals surface area contributed by atoms with Crippen LogP contribution in [0.2, 0.25) is 0 Å². The number of nitrogens with zero attached hydrogens (tertiary/aromatic N) is 3. The van der Waals surface area contributed by atoms with Gasteiger partial charge >= 0.3 is 0 Å². The number of hydrogen-bond acceptors (Lipinski definition) is 5. The van der Waals surface area contributed by atoms with Crippen molar-refractivity contribution in [2.45, 2.75) is 43.8 Å². The maximum absolute atomic E-state index is 11.6. The van der Waals surface area contributed by atoms with Gasteiger partial charge in [-0.2, -0.15) is 5.10 Å². The molecular formula is C17H23N5O2S. The average Bonchev–Trinajstić information content (AvgIpc) is 3.12. The van der Waals surface area contributed by atoms with E-state index in [1.54, 1.807) is 0 Å². The maximum atomic E-state index is 11.6. The Hall–Kier alpha value is -1.77. The highest BCUT2D eigenvalue weighted by Crippen LogP contribution is 2.38. The van der Waals surface area contributed by atoms with Gasteiger partial charge in [-0.15, -0.1) is 0 Å². The summed E-state index contributed by atoms with van der Waals surface area (Å²) in [5, 5.41) is 7.45. The van der Waals surface area contributed by atoms with E-state index in [0.29, 0.717) is 18.3 Å². The number of nitrogens with one attached hydrogen (secondary N) is 2. The maximum Gasteiger partial charge on any atom is 0.208 e. The zero-order chi connectivity index (χ0) is 17.4. The van der Waals surface area contributed by atoms with Gasteiger partial charge in [-0.25, -0.2) is 18.1 Å². The van der Waals surface area contributed by atoms with E-state index in [4.69, 9.17) is 4.98 Å². The second-order valence-corrected chi connectivity index (χ2v) is 8.81. The molecule has 1 aliphatic carbocycles. The molecule has 0 bridgehead atoms. The third kappa shape index (κ3) is 3.61. The Morgan fingerprint density at radius 2 is 2.00 bits per heavy atom. The Morgan fingerprint density at radius 1 is 1.24 bits per heavy atom. The standard InChI is InChI=1S/C17H23N5O2S/c1-25(23,24)21-13-10-15(22(11-13)14-8-5-9-14)17-18-16(19-20-17)12-6-3-2-4-7-12/h2-4,6-7,13-15,21H,5,8-11H2,1H3,(H,18,19,20)/t13-,15-/m0/s1. The van der Waals surface area contributed by atoms with Crippen LogP contribution in [0.3, 0.4) is 0 Å². The minimum atomic E-state index is -3.21. The molecule has 2 atom stereocenters. The number of hydrogen-bond donors (Lipinski definition) is 2. The molecule has 2 aromatic rings. The van der Waals surface area contributed by atoms with Gasteiger partial charge in [0.25, 0.3) is 0 Å². The molecule has 2 N–H and O–H groups in total. The van der Waals surface area contributed by atoms with Crippen LogP contribution in [0.5, 0.6) is 0 Å². The number of H-pyrrole nitrogens is 1. The number of rotatable bonds is 5. The summed E-state index contributed by atoms with van der Waals surface area (Å²) >= 11 is 0. The molecule has 1 saturated carbocycles. The molecule has 1 aliphatic heterocycles. The summed E-state index contributed by atoms with van der Waals surface area (Å²) in [5.74, 6) is 1.51. The van der Waals surface area contributed by atoms with Crippen molar-refractivity contribution in [1.29, 1.82) is 0 Å². The molecular weight excluding hydrogens is 338 g/mol. The van der Waals surface area contributed by atoms with Crippen molar-refractivity contribution in [1.82, 2.24) is 24.8 Å². The predicted octanol–water partition coefficient (Wildman–Crippen LogP) is 1.69. The molecule has 2 fully saturated rings. The van der Waals surface area contributed by atoms with Gasteiger partial charge in [-0.3, -0.25) is 10.00 Å². The van der Waals surface area contributed by atoms with E-state index >= 15 is 0 Å². The number of benzene rings is 1. The van der Waals surface area contributed by atoms with Crippen LogP contribution in [0.25, 0.3) is 11.4 Å². The van der Waals surface area contributed by atoms with Crippen LogP contribution in [-0.4, -0.2) is 53.4 Å². The van der Waals surface area contributed by atoms with Crippen molar-refractivity contribution in [3.8, 4) is 11.4 Å². The predicted molar refractivity (Wildman–Crippen MR) is 95.3 cm³/mol. The number of likely N-dealkylation sites (tertiary alicyclic amines) is 1. The minimum Gasteiger partial charge on any atom is -0.289 e. The quantitative estimate of drug-likeness (QED) is 0.846. The van der Waals surface area contributed by atoms with E-state index in [1.165, 1.54) is 25.5 Å². The fourth-order valence-electron chi connectivity index (χ4n) is 3.78. The van der Waals surface area contributed by atoms with Gasteiger partial charge in [-0.1, -0.05) is 36.8 Å². The molecule has 1 aromatic carbocycles. The van der Waals surface area contributed by atoms with Crippen molar-refractivity contribution in [2.75, 3.05) is 12.8 Å². The molecule has 7 nitrogen and oxygen atoms in total. The lowest BCUT2D eigenvalue weighted by atomic mass is 9.91. The van der Waals surface area contributed by atoms with Gasteiger partial charge < -0.3 is 0 Å². The molecule has 0 spiro atoms. The number of aromatic amines is 1. The first-order valence-electron chi connectivity index (χ1n) is 8.70. The summed E-state index contributed by atoms with van der Waals surface area (Å²) in [4.78, 5) is 7.09. The number of sulfonamides is 1. The van der Waals surface area contributed by atoms with Crippen LogP contribution >= 0.6 is 0 Å². The van der Waals surface area contributed by atoms with Crippen LogP contribution < -0.4 is 4.72 Å². The molecule has 134 valence electrons. The Labute approximate surface area is 147 Å². The first kappa shape index (κ1) is 16.7. The SMILES string of the molecule is CS(=O)(=O)N[C@H]1C[C@@H](c2nc(-c3ccccc3)n[nH]2)N(C2CCC2)C1. The van der Waals surface area contributed by atoms with Crippen molar-refractivity contribution in [3.63, 3.8) is 0 Å². The highest BCUT2D eigenvalue weighted by atomic mass is 32.2. The summed E-state index contributed by atoms with van der Waals surface area (Å²) in [6.07, 6.45) is 5.51. The third-order valence-corrected chi connectivity index (χ3v) is 5.88. The largest absolute Gasteiger partial charge is 0.289 e. The van der Waals surface area contributed by atoms with Crippen molar-refractivity contribution in [2.24, 2.45) is 0 Å². The Morgan fingerprint density at radius 3 is 2.64 bits per heavy atom. The summed E-state index contributed by atoms with van der Waals surface area (Å²) in [6.45, 7) is 0.726. The van der Waals surface area contributed by atoms with Gasteiger partial charge in [0.2, 0.25) is 10.0 Å². The summed E-state index contributed by atoms with van der Waals surface area (Å²) in [5.41, 5.74) is 0.976. The molecule has 4 rings (SSSR count). The van der Waals surface area contributed by atoms with E-state index in [1.807, 2.05) is 30.3 Å². The second kappa shape index (κ2) is 6.51. The molecule has 2 heterocycles. The normalized spacial score (nSPS) is 25.2. The molecule has 1 aromatic heterocycles. The van der Waals surface area contributed by atoms with Crippen molar-refractivity contribution < 1.29 is 8.42 Å². The first-order chi connectivity index (χ1) is 12.0. The zero-order valence-electron chi connectivity index (χ0n) is 14.2. The van der Waals surface area contributed by atoms with Crippen LogP contribution in [0.15, 0.2) is 30.3 Å². The summed E-state index contributed by atoms with van der Waals surface area (Å²) in [6, 6.07) is 10.4. The smallest absolute Gasteiger partial charge is 0.208 e. The van der Waals surface area contributed by atoms with Crippen molar-refractivity contribution in [3.05, 3.63) is 36.2 Å². The lowest BCUT2D eigenvalue weighted by Gasteiger charge is -2.37. The van der Waals surface area contributed by atoms with Gasteiger partial charge in [0.05, 0.1) is 12.3 Å². The fraction of sp³-hybridized carbons (Fsp3) is 0.529. The van der Waals surface area contributed by atoms with E-state index in [0.717, 1.165) is 17.9 Å². The molecule has 0 amide bonds. The molecule has 25 heavy (non-hydrogen) atoms. The van der Waals surface area contributed by atoms with E-state index in [2.05, 4.69) is 19.8 Å². The Balaban J connectivity index is 1.57. The molecule has 2 aliphatic rings. The molecule has 1 saturated heterocycles. The molecule has 0 radical (unpaired) electrons. The second-order valence-electron chi connectivity index (χ2n) is 7.03. The van der Waals surface area contributed by atoms with E-state index < -0.39 is 10.0 Å².